The molecular formula is C18H22N2O4. The van der Waals surface area contributed by atoms with Crippen LogP contribution >= 0.6 is 0 Å². The Bertz CT molecular complexity index is 707. The van der Waals surface area contributed by atoms with E-state index in [1.165, 1.54) is 12.1 Å². The Hall–Kier alpha value is -2.57. The van der Waals surface area contributed by atoms with E-state index in [0.717, 1.165) is 11.1 Å². The number of aryl methyl sites for hydroxylation is 2. The molecule has 0 bridgehead atoms. The van der Waals surface area contributed by atoms with Crippen LogP contribution in [0.5, 0.6) is 11.5 Å². The molecule has 6 N–H and O–H groups in total. The van der Waals surface area contributed by atoms with Gasteiger partial charge in [-0.15, -0.1) is 0 Å². The number of hydrogen-bond acceptors (Lipinski definition) is 5. The minimum Gasteiger partial charge on any atom is -0.508 e. The molecule has 2 aromatic rings. The largest absolute Gasteiger partial charge is 0.508 e. The van der Waals surface area contributed by atoms with Gasteiger partial charge in [0.25, 0.3) is 0 Å². The molecule has 0 radical (unpaired) electrons. The highest BCUT2D eigenvalue weighted by Gasteiger charge is 2.45. The number of nitrogens with two attached hydrogens (primary N) is 1. The van der Waals surface area contributed by atoms with Crippen LogP contribution in [-0.2, 0) is 10.3 Å². The van der Waals surface area contributed by atoms with Gasteiger partial charge in [0.2, 0.25) is 0 Å². The van der Waals surface area contributed by atoms with Crippen molar-refractivity contribution in [3.63, 3.8) is 0 Å². The molecule has 0 heterocycles. The lowest BCUT2D eigenvalue weighted by Crippen LogP contribution is -2.51. The number of rotatable bonds is 6. The quantitative estimate of drug-likeness (QED) is 0.549. The highest BCUT2D eigenvalue weighted by Crippen LogP contribution is 2.40. The first-order valence-electron chi connectivity index (χ1n) is 7.61. The van der Waals surface area contributed by atoms with E-state index in [0.29, 0.717) is 0 Å². The van der Waals surface area contributed by atoms with E-state index in [9.17, 15) is 20.1 Å². The first-order valence-corrected chi connectivity index (χ1v) is 7.61. The average Bonchev–Trinajstić information content (AvgIpc) is 2.50. The molecule has 0 aliphatic carbocycles. The number of benzene rings is 2. The van der Waals surface area contributed by atoms with Crippen molar-refractivity contribution in [2.45, 2.75) is 19.4 Å². The number of nitrogens with one attached hydrogen (secondary N) is 1. The lowest BCUT2D eigenvalue weighted by Gasteiger charge is -2.33. The number of hydrogen-bond donors (Lipinski definition) is 5. The number of aliphatic carboxylic acids is 1. The molecule has 0 saturated heterocycles. The molecule has 2 aromatic carbocycles. The van der Waals surface area contributed by atoms with Crippen LogP contribution in [0.25, 0.3) is 0 Å². The summed E-state index contributed by atoms with van der Waals surface area (Å²) in [6.45, 7) is 3.98. The Morgan fingerprint density at radius 2 is 1.50 bits per heavy atom. The summed E-state index contributed by atoms with van der Waals surface area (Å²) in [4.78, 5) is 12.3. The minimum absolute atomic E-state index is 0.146. The van der Waals surface area contributed by atoms with E-state index in [4.69, 9.17) is 5.73 Å². The number of phenolic OH excluding ortho intramolecular Hbond substituents is 2. The maximum absolute atomic E-state index is 12.3. The fraction of sp³-hybridized carbons (Fsp3) is 0.278. The zero-order valence-electron chi connectivity index (χ0n) is 13.7. The molecule has 0 spiro atoms. The Labute approximate surface area is 140 Å². The van der Waals surface area contributed by atoms with Crippen LogP contribution in [0, 0.1) is 13.8 Å². The molecule has 0 aliphatic heterocycles. The SMILES string of the molecule is Cc1ccc(C(NCCN)(C(=O)O)c2ccc(C)cc2O)c(O)c1. The van der Waals surface area contributed by atoms with E-state index in [1.54, 1.807) is 38.1 Å². The summed E-state index contributed by atoms with van der Waals surface area (Å²) in [6.07, 6.45) is 0. The Morgan fingerprint density at radius 3 is 1.83 bits per heavy atom. The Balaban J connectivity index is 2.79. The van der Waals surface area contributed by atoms with E-state index >= 15 is 0 Å². The summed E-state index contributed by atoms with van der Waals surface area (Å²) in [5.74, 6) is -1.57. The van der Waals surface area contributed by atoms with Crippen molar-refractivity contribution < 1.29 is 20.1 Å². The topological polar surface area (TPSA) is 116 Å². The fourth-order valence-electron chi connectivity index (χ4n) is 2.82. The monoisotopic (exact) mass is 330 g/mol. The predicted octanol–water partition coefficient (Wildman–Crippen LogP) is 1.59. The lowest BCUT2D eigenvalue weighted by atomic mass is 9.80. The van der Waals surface area contributed by atoms with Crippen LogP contribution in [-0.4, -0.2) is 34.4 Å². The standard InChI is InChI=1S/C18H22N2O4/c1-11-3-5-13(15(21)9-11)18(17(23)24,20-8-7-19)14-6-4-12(2)10-16(14)22/h3-6,9-10,20-22H,7-8,19H2,1-2H3,(H,23,24). The summed E-state index contributed by atoms with van der Waals surface area (Å²) in [7, 11) is 0. The van der Waals surface area contributed by atoms with Gasteiger partial charge in [-0.3, -0.25) is 5.32 Å². The third kappa shape index (κ3) is 3.06. The molecule has 6 nitrogen and oxygen atoms in total. The third-order valence-corrected chi connectivity index (χ3v) is 3.97. The molecule has 0 unspecified atom stereocenters. The van der Waals surface area contributed by atoms with Gasteiger partial charge in [0.1, 0.15) is 11.5 Å². The normalized spacial score (nSPS) is 11.5. The van der Waals surface area contributed by atoms with Crippen molar-refractivity contribution >= 4 is 5.97 Å². The van der Waals surface area contributed by atoms with E-state index < -0.39 is 11.5 Å². The number of carbonyl (C=O) groups is 1. The molecule has 2 rings (SSSR count). The van der Waals surface area contributed by atoms with Crippen LogP contribution in [0.4, 0.5) is 0 Å². The third-order valence-electron chi connectivity index (χ3n) is 3.97. The van der Waals surface area contributed by atoms with Crippen LogP contribution in [0.2, 0.25) is 0 Å². The summed E-state index contributed by atoms with van der Waals surface area (Å²) in [5, 5.41) is 33.6. The maximum atomic E-state index is 12.3. The smallest absolute Gasteiger partial charge is 0.333 e. The van der Waals surface area contributed by atoms with E-state index in [1.807, 2.05) is 0 Å². The average molecular weight is 330 g/mol. The summed E-state index contributed by atoms with van der Waals surface area (Å²) >= 11 is 0. The minimum atomic E-state index is -1.81. The van der Waals surface area contributed by atoms with Crippen molar-refractivity contribution in [3.8, 4) is 11.5 Å². The summed E-state index contributed by atoms with van der Waals surface area (Å²) < 4.78 is 0. The second-order valence-corrected chi connectivity index (χ2v) is 5.81. The molecule has 0 fully saturated rings. The van der Waals surface area contributed by atoms with Crippen molar-refractivity contribution in [2.75, 3.05) is 13.1 Å². The highest BCUT2D eigenvalue weighted by atomic mass is 16.4. The lowest BCUT2D eigenvalue weighted by molar-refractivity contribution is -0.143. The molecule has 24 heavy (non-hydrogen) atoms. The first-order chi connectivity index (χ1) is 11.3. The van der Waals surface area contributed by atoms with Crippen molar-refractivity contribution in [1.29, 1.82) is 0 Å². The molecule has 0 atom stereocenters. The van der Waals surface area contributed by atoms with E-state index in [2.05, 4.69) is 5.32 Å². The maximum Gasteiger partial charge on any atom is 0.333 e. The molecule has 0 aliphatic rings. The number of phenols is 2. The zero-order valence-corrected chi connectivity index (χ0v) is 13.7. The molecule has 0 saturated carbocycles. The Morgan fingerprint density at radius 1 is 1.04 bits per heavy atom. The molecule has 0 aromatic heterocycles. The van der Waals surface area contributed by atoms with Gasteiger partial charge >= 0.3 is 5.97 Å². The number of aromatic hydroxyl groups is 2. The van der Waals surface area contributed by atoms with Crippen molar-refractivity contribution in [1.82, 2.24) is 5.32 Å². The summed E-state index contributed by atoms with van der Waals surface area (Å²) in [6, 6.07) is 9.48. The van der Waals surface area contributed by atoms with Gasteiger partial charge in [-0.2, -0.15) is 0 Å². The molecule has 6 heteroatoms. The van der Waals surface area contributed by atoms with E-state index in [-0.39, 0.29) is 35.7 Å². The van der Waals surface area contributed by atoms with Gasteiger partial charge in [-0.05, 0) is 37.1 Å². The molecule has 128 valence electrons. The van der Waals surface area contributed by atoms with Gasteiger partial charge in [0, 0.05) is 24.2 Å². The van der Waals surface area contributed by atoms with Crippen molar-refractivity contribution in [2.24, 2.45) is 5.73 Å². The summed E-state index contributed by atoms with van der Waals surface area (Å²) in [5.41, 5.74) is 5.61. The van der Waals surface area contributed by atoms with Crippen LogP contribution in [0.1, 0.15) is 22.3 Å². The van der Waals surface area contributed by atoms with Gasteiger partial charge in [0.15, 0.2) is 5.54 Å². The second kappa shape index (κ2) is 6.90. The van der Waals surface area contributed by atoms with Gasteiger partial charge in [-0.1, -0.05) is 24.3 Å². The van der Waals surface area contributed by atoms with Crippen molar-refractivity contribution in [3.05, 3.63) is 58.7 Å². The zero-order chi connectivity index (χ0) is 17.9. The van der Waals surface area contributed by atoms with Gasteiger partial charge in [0.05, 0.1) is 0 Å². The second-order valence-electron chi connectivity index (χ2n) is 5.81. The van der Waals surface area contributed by atoms with Crippen LogP contribution in [0.15, 0.2) is 36.4 Å². The van der Waals surface area contributed by atoms with Gasteiger partial charge < -0.3 is 21.1 Å². The molecule has 0 amide bonds. The molecular weight excluding hydrogens is 308 g/mol. The van der Waals surface area contributed by atoms with Crippen LogP contribution in [0.3, 0.4) is 0 Å². The number of carboxylic acid groups (broad SMARTS) is 1. The first kappa shape index (κ1) is 17.8. The van der Waals surface area contributed by atoms with Crippen LogP contribution < -0.4 is 11.1 Å². The fourth-order valence-corrected chi connectivity index (χ4v) is 2.82. The predicted molar refractivity (Wildman–Crippen MR) is 91.2 cm³/mol. The van der Waals surface area contributed by atoms with Gasteiger partial charge in [-0.25, -0.2) is 4.79 Å². The number of carboxylic acids is 1. The Kier molecular flexibility index (Phi) is 5.11. The highest BCUT2D eigenvalue weighted by molar-refractivity contribution is 5.87.